The lowest BCUT2D eigenvalue weighted by molar-refractivity contribution is 0.413. The molecule has 2 heterocycles. The van der Waals surface area contributed by atoms with E-state index in [-0.39, 0.29) is 0 Å². The number of nitriles is 1. The standard InChI is InChI=1S/C15H10BrN3O/c1-20-14-5-6-19-9-13(18-15(19)12(14)8-17)10-3-2-4-11(16)7-10/h2-7,9H,1H3. The van der Waals surface area contributed by atoms with Gasteiger partial charge in [-0.1, -0.05) is 28.1 Å². The maximum Gasteiger partial charge on any atom is 0.159 e. The van der Waals surface area contributed by atoms with E-state index in [1.807, 2.05) is 41.1 Å². The number of hydrogen-bond acceptors (Lipinski definition) is 3. The number of pyridine rings is 1. The quantitative estimate of drug-likeness (QED) is 0.722. The van der Waals surface area contributed by atoms with Crippen molar-refractivity contribution >= 4 is 21.6 Å². The number of rotatable bonds is 2. The lowest BCUT2D eigenvalue weighted by Crippen LogP contribution is -1.93. The molecule has 0 radical (unpaired) electrons. The van der Waals surface area contributed by atoms with Gasteiger partial charge in [-0.3, -0.25) is 0 Å². The summed E-state index contributed by atoms with van der Waals surface area (Å²) >= 11 is 3.45. The molecule has 0 atom stereocenters. The molecule has 0 amide bonds. The molecule has 0 saturated heterocycles. The Morgan fingerprint density at radius 2 is 2.20 bits per heavy atom. The second kappa shape index (κ2) is 4.99. The summed E-state index contributed by atoms with van der Waals surface area (Å²) in [7, 11) is 1.55. The first-order chi connectivity index (χ1) is 9.72. The van der Waals surface area contributed by atoms with E-state index >= 15 is 0 Å². The second-order valence-electron chi connectivity index (χ2n) is 4.24. The van der Waals surface area contributed by atoms with Gasteiger partial charge in [0.25, 0.3) is 0 Å². The highest BCUT2D eigenvalue weighted by atomic mass is 79.9. The number of nitrogens with zero attached hydrogens (tertiary/aromatic N) is 3. The molecule has 5 heteroatoms. The van der Waals surface area contributed by atoms with Crippen LogP contribution in [-0.2, 0) is 0 Å². The summed E-state index contributed by atoms with van der Waals surface area (Å²) in [4.78, 5) is 4.54. The Morgan fingerprint density at radius 3 is 2.90 bits per heavy atom. The zero-order chi connectivity index (χ0) is 14.1. The van der Waals surface area contributed by atoms with Gasteiger partial charge in [0.15, 0.2) is 5.65 Å². The Balaban J connectivity index is 2.23. The molecule has 20 heavy (non-hydrogen) atoms. The smallest absolute Gasteiger partial charge is 0.159 e. The van der Waals surface area contributed by atoms with Crippen LogP contribution in [0.1, 0.15) is 5.56 Å². The van der Waals surface area contributed by atoms with E-state index in [0.717, 1.165) is 15.7 Å². The van der Waals surface area contributed by atoms with Gasteiger partial charge < -0.3 is 9.14 Å². The topological polar surface area (TPSA) is 50.3 Å². The minimum absolute atomic E-state index is 0.441. The molecule has 4 nitrogen and oxygen atoms in total. The molecule has 0 N–H and O–H groups in total. The molecule has 0 unspecified atom stereocenters. The molecule has 0 aliphatic carbocycles. The van der Waals surface area contributed by atoms with Gasteiger partial charge in [-0.25, -0.2) is 4.98 Å². The van der Waals surface area contributed by atoms with E-state index < -0.39 is 0 Å². The molecule has 0 aliphatic heterocycles. The van der Waals surface area contributed by atoms with Gasteiger partial charge in [0.05, 0.1) is 12.8 Å². The predicted molar refractivity (Wildman–Crippen MR) is 79.6 cm³/mol. The fourth-order valence-electron chi connectivity index (χ4n) is 2.10. The van der Waals surface area contributed by atoms with Crippen LogP contribution in [0.2, 0.25) is 0 Å². The average molecular weight is 328 g/mol. The van der Waals surface area contributed by atoms with Crippen LogP contribution in [0.25, 0.3) is 16.9 Å². The van der Waals surface area contributed by atoms with E-state index in [4.69, 9.17) is 4.74 Å². The molecule has 3 rings (SSSR count). The van der Waals surface area contributed by atoms with Gasteiger partial charge in [0, 0.05) is 22.4 Å². The first kappa shape index (κ1) is 12.7. The molecule has 0 bridgehead atoms. The summed E-state index contributed by atoms with van der Waals surface area (Å²) in [5.74, 6) is 0.534. The summed E-state index contributed by atoms with van der Waals surface area (Å²) in [6, 6.07) is 11.8. The molecule has 0 saturated carbocycles. The van der Waals surface area contributed by atoms with Crippen molar-refractivity contribution in [2.45, 2.75) is 0 Å². The molecule has 2 aromatic heterocycles. The minimum atomic E-state index is 0.441. The van der Waals surface area contributed by atoms with Gasteiger partial charge in [0.2, 0.25) is 0 Å². The van der Waals surface area contributed by atoms with Crippen LogP contribution < -0.4 is 4.74 Å². The number of imidazole rings is 1. The molecule has 98 valence electrons. The van der Waals surface area contributed by atoms with Crippen LogP contribution in [0, 0.1) is 11.3 Å². The maximum atomic E-state index is 9.28. The lowest BCUT2D eigenvalue weighted by Gasteiger charge is -2.02. The SMILES string of the molecule is COc1ccn2cc(-c3cccc(Br)c3)nc2c1C#N. The van der Waals surface area contributed by atoms with Crippen molar-refractivity contribution in [3.63, 3.8) is 0 Å². The average Bonchev–Trinajstić information content (AvgIpc) is 2.90. The van der Waals surface area contributed by atoms with Crippen LogP contribution >= 0.6 is 15.9 Å². The largest absolute Gasteiger partial charge is 0.495 e. The predicted octanol–water partition coefficient (Wildman–Crippen LogP) is 3.64. The van der Waals surface area contributed by atoms with Crippen molar-refractivity contribution in [1.82, 2.24) is 9.38 Å². The fourth-order valence-corrected chi connectivity index (χ4v) is 2.50. The molecule has 0 spiro atoms. The summed E-state index contributed by atoms with van der Waals surface area (Å²) in [6.45, 7) is 0. The zero-order valence-electron chi connectivity index (χ0n) is 10.7. The number of methoxy groups -OCH3 is 1. The van der Waals surface area contributed by atoms with Crippen LogP contribution in [0.3, 0.4) is 0 Å². The van der Waals surface area contributed by atoms with Gasteiger partial charge in [-0.2, -0.15) is 5.26 Å². The van der Waals surface area contributed by atoms with Gasteiger partial charge in [-0.15, -0.1) is 0 Å². The Kier molecular flexibility index (Phi) is 3.17. The van der Waals surface area contributed by atoms with Gasteiger partial charge >= 0.3 is 0 Å². The molecule has 1 aromatic carbocycles. The Labute approximate surface area is 124 Å². The van der Waals surface area contributed by atoms with E-state index in [0.29, 0.717) is 17.0 Å². The summed E-state index contributed by atoms with van der Waals surface area (Å²) in [5, 5.41) is 9.28. The number of halogens is 1. The summed E-state index contributed by atoms with van der Waals surface area (Å²) in [6.07, 6.45) is 3.74. The number of fused-ring (bicyclic) bond motifs is 1. The summed E-state index contributed by atoms with van der Waals surface area (Å²) in [5.41, 5.74) is 2.85. The Bertz CT molecular complexity index is 833. The second-order valence-corrected chi connectivity index (χ2v) is 5.15. The first-order valence-electron chi connectivity index (χ1n) is 5.94. The van der Waals surface area contributed by atoms with Gasteiger partial charge in [0.1, 0.15) is 17.4 Å². The van der Waals surface area contributed by atoms with Crippen molar-refractivity contribution < 1.29 is 4.74 Å². The third kappa shape index (κ3) is 2.04. The minimum Gasteiger partial charge on any atom is -0.495 e. The number of benzene rings is 1. The first-order valence-corrected chi connectivity index (χ1v) is 6.74. The van der Waals surface area contributed by atoms with E-state index in [9.17, 15) is 5.26 Å². The molecule has 3 aromatic rings. The van der Waals surface area contributed by atoms with Crippen molar-refractivity contribution in [1.29, 1.82) is 5.26 Å². The third-order valence-corrected chi connectivity index (χ3v) is 3.53. The van der Waals surface area contributed by atoms with Crippen LogP contribution in [0.15, 0.2) is 47.2 Å². The lowest BCUT2D eigenvalue weighted by atomic mass is 10.2. The number of ether oxygens (including phenoxy) is 1. The zero-order valence-corrected chi connectivity index (χ0v) is 12.3. The normalized spacial score (nSPS) is 10.4. The van der Waals surface area contributed by atoms with Crippen molar-refractivity contribution in [3.05, 3.63) is 52.8 Å². The van der Waals surface area contributed by atoms with Crippen LogP contribution in [0.5, 0.6) is 5.75 Å². The van der Waals surface area contributed by atoms with Crippen LogP contribution in [0.4, 0.5) is 0 Å². The van der Waals surface area contributed by atoms with E-state index in [2.05, 4.69) is 27.0 Å². The highest BCUT2D eigenvalue weighted by Gasteiger charge is 2.12. The highest BCUT2D eigenvalue weighted by Crippen LogP contribution is 2.26. The monoisotopic (exact) mass is 327 g/mol. The molecule has 0 aliphatic rings. The molecular formula is C15H10BrN3O. The van der Waals surface area contributed by atoms with Gasteiger partial charge in [-0.05, 0) is 18.2 Å². The van der Waals surface area contributed by atoms with Crippen LogP contribution in [-0.4, -0.2) is 16.5 Å². The highest BCUT2D eigenvalue weighted by molar-refractivity contribution is 9.10. The number of hydrogen-bond donors (Lipinski definition) is 0. The molecular weight excluding hydrogens is 318 g/mol. The summed E-state index contributed by atoms with van der Waals surface area (Å²) < 4.78 is 8.02. The molecule has 0 fully saturated rings. The van der Waals surface area contributed by atoms with E-state index in [1.165, 1.54) is 0 Å². The maximum absolute atomic E-state index is 9.28. The van der Waals surface area contributed by atoms with Crippen molar-refractivity contribution in [3.8, 4) is 23.1 Å². The fraction of sp³-hybridized carbons (Fsp3) is 0.0667. The Morgan fingerprint density at radius 1 is 1.35 bits per heavy atom. The van der Waals surface area contributed by atoms with Crippen molar-refractivity contribution in [2.24, 2.45) is 0 Å². The number of aromatic nitrogens is 2. The van der Waals surface area contributed by atoms with Crippen molar-refractivity contribution in [2.75, 3.05) is 7.11 Å². The Hall–Kier alpha value is -2.32. The van der Waals surface area contributed by atoms with E-state index in [1.54, 1.807) is 13.2 Å². The third-order valence-electron chi connectivity index (χ3n) is 3.04.